The van der Waals surface area contributed by atoms with Gasteiger partial charge < -0.3 is 15.4 Å². The minimum atomic E-state index is -0.877. The number of carbonyl (C=O) groups excluding carboxylic acids is 4. The zero-order chi connectivity index (χ0) is 30.4. The number of likely N-dealkylation sites (N-methyl/N-ethyl adjacent to an activating group) is 1. The van der Waals surface area contributed by atoms with Crippen LogP contribution in [0.4, 0.5) is 16.3 Å². The maximum atomic E-state index is 14.5. The first-order valence-corrected chi connectivity index (χ1v) is 14.9. The Labute approximate surface area is 248 Å². The number of hydrogen-bond acceptors (Lipinski definition) is 6. The number of rotatable bonds is 8. The van der Waals surface area contributed by atoms with Gasteiger partial charge in [0.1, 0.15) is 29.5 Å². The van der Waals surface area contributed by atoms with Crippen LogP contribution in [0.5, 0.6) is 0 Å². The van der Waals surface area contributed by atoms with Crippen molar-refractivity contribution >= 4 is 35.3 Å². The number of nitrogens with one attached hydrogen (secondary N) is 2. The van der Waals surface area contributed by atoms with Crippen LogP contribution in [0.2, 0.25) is 0 Å². The first-order valence-electron chi connectivity index (χ1n) is 14.9. The Balaban J connectivity index is 1.61. The van der Waals surface area contributed by atoms with Crippen molar-refractivity contribution in [2.24, 2.45) is 5.92 Å². The lowest BCUT2D eigenvalue weighted by molar-refractivity contribution is -0.132. The molecule has 1 fully saturated rings. The third-order valence-corrected chi connectivity index (χ3v) is 7.90. The lowest BCUT2D eigenvalue weighted by Crippen LogP contribution is -2.59. The SMILES string of the molecule is CCN(C(=O)OC(C)(C)C)[C@@H](C)C(=O)N[C@H](C(=O)N1c2ncccc2C[C@H]1C(=O)Nc1ccccc1)C1CCCCC1. The van der Waals surface area contributed by atoms with Crippen molar-refractivity contribution in [3.8, 4) is 0 Å². The van der Waals surface area contributed by atoms with Crippen molar-refractivity contribution in [1.29, 1.82) is 0 Å². The van der Waals surface area contributed by atoms with Gasteiger partial charge in [-0.25, -0.2) is 9.78 Å². The van der Waals surface area contributed by atoms with Crippen molar-refractivity contribution in [3.05, 3.63) is 54.2 Å². The van der Waals surface area contributed by atoms with E-state index in [-0.39, 0.29) is 24.3 Å². The van der Waals surface area contributed by atoms with Gasteiger partial charge in [-0.1, -0.05) is 43.5 Å². The van der Waals surface area contributed by atoms with Crippen LogP contribution in [0.25, 0.3) is 0 Å². The number of ether oxygens (including phenoxy) is 1. The molecular formula is C32H43N5O5. The van der Waals surface area contributed by atoms with Gasteiger partial charge >= 0.3 is 6.09 Å². The molecule has 226 valence electrons. The molecule has 2 aromatic rings. The van der Waals surface area contributed by atoms with E-state index < -0.39 is 35.7 Å². The van der Waals surface area contributed by atoms with Gasteiger partial charge in [0, 0.05) is 24.8 Å². The van der Waals surface area contributed by atoms with E-state index >= 15 is 0 Å². The highest BCUT2D eigenvalue weighted by molar-refractivity contribution is 6.09. The second-order valence-corrected chi connectivity index (χ2v) is 12.1. The van der Waals surface area contributed by atoms with Gasteiger partial charge in [0.15, 0.2) is 0 Å². The fourth-order valence-corrected chi connectivity index (χ4v) is 5.76. The summed E-state index contributed by atoms with van der Waals surface area (Å²) in [5, 5.41) is 5.93. The first-order chi connectivity index (χ1) is 20.0. The summed E-state index contributed by atoms with van der Waals surface area (Å²) in [5.74, 6) is -0.810. The van der Waals surface area contributed by atoms with Crippen LogP contribution in [-0.2, 0) is 25.5 Å². The van der Waals surface area contributed by atoms with E-state index in [1.165, 1.54) is 9.80 Å². The number of benzene rings is 1. The normalized spacial score (nSPS) is 18.4. The molecule has 1 aromatic carbocycles. The second kappa shape index (κ2) is 13.4. The number of hydrogen-bond donors (Lipinski definition) is 2. The standard InChI is InChI=1S/C32H43N5O5/c1-6-36(31(41)42-32(3,4)5)21(2)28(38)35-26(22-14-9-7-10-15-22)30(40)37-25(20-23-16-13-19-33-27(23)37)29(39)34-24-17-11-8-12-18-24/h8,11-13,16-19,21-22,25-26H,6-7,9-10,14-15,20H2,1-5H3,(H,34,39)(H,35,38)/t21-,25-,26-/m0/s1. The van der Waals surface area contributed by atoms with E-state index in [4.69, 9.17) is 4.74 Å². The van der Waals surface area contributed by atoms with E-state index in [1.54, 1.807) is 59.0 Å². The number of aromatic nitrogens is 1. The molecule has 0 unspecified atom stereocenters. The van der Waals surface area contributed by atoms with Crippen LogP contribution in [-0.4, -0.2) is 64.0 Å². The molecule has 0 bridgehead atoms. The van der Waals surface area contributed by atoms with Gasteiger partial charge in [-0.05, 0) is 77.1 Å². The molecule has 0 spiro atoms. The molecule has 0 radical (unpaired) electrons. The predicted octanol–water partition coefficient (Wildman–Crippen LogP) is 4.69. The van der Waals surface area contributed by atoms with Crippen molar-refractivity contribution in [2.75, 3.05) is 16.8 Å². The van der Waals surface area contributed by atoms with E-state index in [0.717, 1.165) is 37.7 Å². The van der Waals surface area contributed by atoms with Gasteiger partial charge in [-0.3, -0.25) is 24.2 Å². The Morgan fingerprint density at radius 1 is 1.05 bits per heavy atom. The van der Waals surface area contributed by atoms with Crippen LogP contribution < -0.4 is 15.5 Å². The van der Waals surface area contributed by atoms with Crippen LogP contribution in [0.15, 0.2) is 48.7 Å². The molecule has 1 saturated carbocycles. The summed E-state index contributed by atoms with van der Waals surface area (Å²) in [7, 11) is 0. The number of fused-ring (bicyclic) bond motifs is 1. The third-order valence-electron chi connectivity index (χ3n) is 7.90. The van der Waals surface area contributed by atoms with Gasteiger partial charge in [-0.2, -0.15) is 0 Å². The highest BCUT2D eigenvalue weighted by Crippen LogP contribution is 2.34. The third kappa shape index (κ3) is 7.27. The summed E-state index contributed by atoms with van der Waals surface area (Å²) >= 11 is 0. The van der Waals surface area contributed by atoms with Crippen molar-refractivity contribution in [2.45, 2.75) is 96.9 Å². The molecule has 2 heterocycles. The quantitative estimate of drug-likeness (QED) is 0.470. The van der Waals surface area contributed by atoms with Crippen molar-refractivity contribution in [3.63, 3.8) is 0 Å². The monoisotopic (exact) mass is 577 g/mol. The topological polar surface area (TPSA) is 121 Å². The minimum absolute atomic E-state index is 0.107. The lowest BCUT2D eigenvalue weighted by atomic mass is 9.83. The molecule has 10 heteroatoms. The second-order valence-electron chi connectivity index (χ2n) is 12.1. The average molecular weight is 578 g/mol. The molecule has 10 nitrogen and oxygen atoms in total. The molecule has 2 N–H and O–H groups in total. The average Bonchev–Trinajstić information content (AvgIpc) is 3.36. The van der Waals surface area contributed by atoms with Crippen LogP contribution in [0.3, 0.4) is 0 Å². The number of carbonyl (C=O) groups is 4. The fraction of sp³-hybridized carbons (Fsp3) is 0.531. The summed E-state index contributed by atoms with van der Waals surface area (Å²) in [5.41, 5.74) is 0.710. The molecule has 1 aliphatic heterocycles. The minimum Gasteiger partial charge on any atom is -0.444 e. The highest BCUT2D eigenvalue weighted by atomic mass is 16.6. The van der Waals surface area contributed by atoms with E-state index in [9.17, 15) is 19.2 Å². The maximum absolute atomic E-state index is 14.5. The van der Waals surface area contributed by atoms with E-state index in [2.05, 4.69) is 15.6 Å². The van der Waals surface area contributed by atoms with Crippen LogP contribution >= 0.6 is 0 Å². The van der Waals surface area contributed by atoms with Gasteiger partial charge in [0.2, 0.25) is 11.8 Å². The van der Waals surface area contributed by atoms with Gasteiger partial charge in [-0.15, -0.1) is 0 Å². The Morgan fingerprint density at radius 2 is 1.74 bits per heavy atom. The first kappa shape index (κ1) is 31.0. The Hall–Kier alpha value is -3.95. The maximum Gasteiger partial charge on any atom is 0.410 e. The summed E-state index contributed by atoms with van der Waals surface area (Å²) < 4.78 is 5.52. The number of amides is 4. The molecule has 1 aromatic heterocycles. The van der Waals surface area contributed by atoms with Crippen LogP contribution in [0, 0.1) is 5.92 Å². The Bertz CT molecular complexity index is 1270. The molecule has 4 amide bonds. The molecule has 4 rings (SSSR count). The zero-order valence-corrected chi connectivity index (χ0v) is 25.3. The summed E-state index contributed by atoms with van der Waals surface area (Å²) in [4.78, 5) is 61.9. The zero-order valence-electron chi connectivity index (χ0n) is 25.3. The van der Waals surface area contributed by atoms with Crippen molar-refractivity contribution in [1.82, 2.24) is 15.2 Å². The molecule has 3 atom stereocenters. The van der Waals surface area contributed by atoms with E-state index in [1.807, 2.05) is 24.3 Å². The van der Waals surface area contributed by atoms with Gasteiger partial charge in [0.05, 0.1) is 0 Å². The summed E-state index contributed by atoms with van der Waals surface area (Å²) in [6, 6.07) is 10.2. The lowest BCUT2D eigenvalue weighted by Gasteiger charge is -2.36. The van der Waals surface area contributed by atoms with E-state index in [0.29, 0.717) is 17.9 Å². The largest absolute Gasteiger partial charge is 0.444 e. The number of para-hydroxylation sites is 1. The van der Waals surface area contributed by atoms with Gasteiger partial charge in [0.25, 0.3) is 5.91 Å². The smallest absolute Gasteiger partial charge is 0.410 e. The number of anilines is 2. The van der Waals surface area contributed by atoms with Crippen molar-refractivity contribution < 1.29 is 23.9 Å². The fourth-order valence-electron chi connectivity index (χ4n) is 5.76. The highest BCUT2D eigenvalue weighted by Gasteiger charge is 2.45. The molecule has 42 heavy (non-hydrogen) atoms. The Kier molecular flexibility index (Phi) is 9.85. The Morgan fingerprint density at radius 3 is 2.38 bits per heavy atom. The van der Waals surface area contributed by atoms with Crippen LogP contribution in [0.1, 0.15) is 72.3 Å². The molecule has 1 aliphatic carbocycles. The summed E-state index contributed by atoms with van der Waals surface area (Å²) in [6.45, 7) is 8.99. The molecule has 0 saturated heterocycles. The molecule has 2 aliphatic rings. The number of pyridine rings is 1. The molecular weight excluding hydrogens is 534 g/mol. The number of nitrogens with zero attached hydrogens (tertiary/aromatic N) is 3. The predicted molar refractivity (Wildman–Crippen MR) is 161 cm³/mol. The summed E-state index contributed by atoms with van der Waals surface area (Å²) in [6.07, 6.45) is 5.85.